The molecular weight excluding hydrogens is 232 g/mol. The van der Waals surface area contributed by atoms with Crippen molar-refractivity contribution in [2.24, 2.45) is 0 Å². The van der Waals surface area contributed by atoms with E-state index in [0.717, 1.165) is 23.5 Å². The van der Waals surface area contributed by atoms with Crippen LogP contribution in [0.1, 0.15) is 20.3 Å². The van der Waals surface area contributed by atoms with E-state index < -0.39 is 0 Å². The Morgan fingerprint density at radius 2 is 2.24 bits per heavy atom. The van der Waals surface area contributed by atoms with Crippen LogP contribution in [0.3, 0.4) is 0 Å². The number of ether oxygens (including phenoxy) is 1. The Kier molecular flexibility index (Phi) is 6.05. The number of nitrogens with one attached hydrogen (secondary N) is 1. The van der Waals surface area contributed by atoms with Gasteiger partial charge in [-0.2, -0.15) is 11.8 Å². The van der Waals surface area contributed by atoms with Gasteiger partial charge in [-0.1, -0.05) is 6.92 Å². The van der Waals surface area contributed by atoms with Crippen molar-refractivity contribution in [2.45, 2.75) is 26.3 Å². The largest absolute Gasteiger partial charge is 0.497 e. The number of thioether (sulfide) groups is 1. The molecule has 3 N–H and O–H groups in total. The van der Waals surface area contributed by atoms with Crippen molar-refractivity contribution in [3.05, 3.63) is 18.2 Å². The number of rotatable bonds is 7. The Labute approximate surface area is 108 Å². The maximum atomic E-state index is 5.92. The Morgan fingerprint density at radius 1 is 1.47 bits per heavy atom. The van der Waals surface area contributed by atoms with E-state index in [1.54, 1.807) is 7.11 Å². The fraction of sp³-hybridized carbons (Fsp3) is 0.538. The van der Waals surface area contributed by atoms with Crippen LogP contribution in [0.2, 0.25) is 0 Å². The molecule has 0 amide bonds. The first-order chi connectivity index (χ1) is 8.17. The highest BCUT2D eigenvalue weighted by molar-refractivity contribution is 7.99. The molecule has 0 bridgehead atoms. The molecule has 0 saturated heterocycles. The van der Waals surface area contributed by atoms with E-state index in [1.165, 1.54) is 11.5 Å². The molecule has 0 aromatic heterocycles. The lowest BCUT2D eigenvalue weighted by Gasteiger charge is -2.17. The van der Waals surface area contributed by atoms with E-state index in [2.05, 4.69) is 19.2 Å². The molecule has 1 aromatic carbocycles. The molecule has 4 heteroatoms. The van der Waals surface area contributed by atoms with Crippen molar-refractivity contribution in [1.82, 2.24) is 0 Å². The van der Waals surface area contributed by atoms with Gasteiger partial charge in [-0.25, -0.2) is 0 Å². The van der Waals surface area contributed by atoms with Gasteiger partial charge in [0.25, 0.3) is 0 Å². The minimum absolute atomic E-state index is 0.420. The average molecular weight is 254 g/mol. The monoisotopic (exact) mass is 254 g/mol. The third-order valence-corrected chi connectivity index (χ3v) is 3.49. The summed E-state index contributed by atoms with van der Waals surface area (Å²) in [6, 6.07) is 6.11. The van der Waals surface area contributed by atoms with Crippen LogP contribution in [0.4, 0.5) is 11.4 Å². The summed E-state index contributed by atoms with van der Waals surface area (Å²) in [6.07, 6.45) is 1.13. The van der Waals surface area contributed by atoms with Crippen LogP contribution in [0, 0.1) is 0 Å². The molecule has 17 heavy (non-hydrogen) atoms. The van der Waals surface area contributed by atoms with Crippen molar-refractivity contribution in [1.29, 1.82) is 0 Å². The summed E-state index contributed by atoms with van der Waals surface area (Å²) in [5, 5.41) is 3.43. The zero-order valence-electron chi connectivity index (χ0n) is 10.8. The van der Waals surface area contributed by atoms with Crippen molar-refractivity contribution in [3.63, 3.8) is 0 Å². The van der Waals surface area contributed by atoms with E-state index in [-0.39, 0.29) is 0 Å². The average Bonchev–Trinajstić information content (AvgIpc) is 2.32. The second-order valence-electron chi connectivity index (χ2n) is 3.98. The van der Waals surface area contributed by atoms with Crippen LogP contribution >= 0.6 is 11.8 Å². The van der Waals surface area contributed by atoms with Gasteiger partial charge < -0.3 is 15.8 Å². The molecule has 0 spiro atoms. The minimum atomic E-state index is 0.420. The molecule has 1 unspecified atom stereocenters. The Bertz CT molecular complexity index is 344. The van der Waals surface area contributed by atoms with Crippen LogP contribution in [0.5, 0.6) is 5.75 Å². The number of nitrogens with two attached hydrogens (primary N) is 1. The normalized spacial score (nSPS) is 12.2. The quantitative estimate of drug-likeness (QED) is 0.579. The topological polar surface area (TPSA) is 47.3 Å². The van der Waals surface area contributed by atoms with Crippen molar-refractivity contribution in [2.75, 3.05) is 29.7 Å². The maximum absolute atomic E-state index is 5.92. The van der Waals surface area contributed by atoms with Crippen molar-refractivity contribution < 1.29 is 4.74 Å². The Balaban J connectivity index is 2.54. The summed E-state index contributed by atoms with van der Waals surface area (Å²) in [7, 11) is 1.66. The fourth-order valence-corrected chi connectivity index (χ4v) is 2.34. The lowest BCUT2D eigenvalue weighted by atomic mass is 10.2. The zero-order valence-corrected chi connectivity index (χ0v) is 11.6. The van der Waals surface area contributed by atoms with Gasteiger partial charge in [0.15, 0.2) is 0 Å². The summed E-state index contributed by atoms with van der Waals surface area (Å²) in [4.78, 5) is 0. The predicted octanol–water partition coefficient (Wildman–Crippen LogP) is 3.22. The van der Waals surface area contributed by atoms with E-state index in [4.69, 9.17) is 10.5 Å². The molecule has 0 saturated carbocycles. The summed E-state index contributed by atoms with van der Waals surface area (Å²) in [5.41, 5.74) is 7.65. The molecule has 1 atom stereocenters. The number of hydrogen-bond donors (Lipinski definition) is 2. The second kappa shape index (κ2) is 7.33. The molecule has 0 fully saturated rings. The predicted molar refractivity (Wildman–Crippen MR) is 78.1 cm³/mol. The summed E-state index contributed by atoms with van der Waals surface area (Å²) in [6.45, 7) is 4.36. The van der Waals surface area contributed by atoms with Gasteiger partial charge in [-0.05, 0) is 37.0 Å². The van der Waals surface area contributed by atoms with Gasteiger partial charge >= 0.3 is 0 Å². The van der Waals surface area contributed by atoms with Gasteiger partial charge in [-0.3, -0.25) is 0 Å². The molecular formula is C13H22N2OS. The molecule has 96 valence electrons. The van der Waals surface area contributed by atoms with E-state index in [9.17, 15) is 0 Å². The molecule has 3 nitrogen and oxygen atoms in total. The lowest BCUT2D eigenvalue weighted by Crippen LogP contribution is -2.17. The summed E-state index contributed by atoms with van der Waals surface area (Å²) in [5.74, 6) is 3.18. The van der Waals surface area contributed by atoms with Crippen LogP contribution < -0.4 is 15.8 Å². The minimum Gasteiger partial charge on any atom is -0.497 e. The molecule has 0 aliphatic rings. The molecule has 1 rings (SSSR count). The molecule has 0 radical (unpaired) electrons. The Hall–Kier alpha value is -1.03. The number of anilines is 2. The van der Waals surface area contributed by atoms with Gasteiger partial charge in [0.05, 0.1) is 18.5 Å². The van der Waals surface area contributed by atoms with E-state index in [0.29, 0.717) is 6.04 Å². The molecule has 0 aliphatic carbocycles. The number of nitrogen functional groups attached to an aromatic ring is 1. The van der Waals surface area contributed by atoms with Crippen LogP contribution in [-0.2, 0) is 0 Å². The second-order valence-corrected chi connectivity index (χ2v) is 5.38. The van der Waals surface area contributed by atoms with E-state index >= 15 is 0 Å². The fourth-order valence-electron chi connectivity index (χ4n) is 1.53. The lowest BCUT2D eigenvalue weighted by molar-refractivity contribution is 0.415. The van der Waals surface area contributed by atoms with Gasteiger partial charge in [-0.15, -0.1) is 0 Å². The van der Waals surface area contributed by atoms with Gasteiger partial charge in [0, 0.05) is 12.1 Å². The van der Waals surface area contributed by atoms with Crippen molar-refractivity contribution in [3.8, 4) is 5.75 Å². The third kappa shape index (κ3) is 4.77. The number of hydrogen-bond acceptors (Lipinski definition) is 4. The summed E-state index contributed by atoms with van der Waals surface area (Å²) < 4.78 is 5.19. The highest BCUT2D eigenvalue weighted by Gasteiger charge is 2.06. The van der Waals surface area contributed by atoms with Crippen molar-refractivity contribution >= 4 is 23.1 Å². The van der Waals surface area contributed by atoms with Crippen LogP contribution in [0.25, 0.3) is 0 Å². The van der Waals surface area contributed by atoms with E-state index in [1.807, 2.05) is 30.0 Å². The van der Waals surface area contributed by atoms with Gasteiger partial charge in [0.1, 0.15) is 5.75 Å². The Morgan fingerprint density at radius 3 is 2.88 bits per heavy atom. The number of benzene rings is 1. The SMILES string of the molecule is CCSCCC(C)Nc1cc(OC)ccc1N. The summed E-state index contributed by atoms with van der Waals surface area (Å²) >= 11 is 1.96. The van der Waals surface area contributed by atoms with Gasteiger partial charge in [0.2, 0.25) is 0 Å². The van der Waals surface area contributed by atoms with Crippen LogP contribution in [-0.4, -0.2) is 24.7 Å². The van der Waals surface area contributed by atoms with Crippen LogP contribution in [0.15, 0.2) is 18.2 Å². The third-order valence-electron chi connectivity index (χ3n) is 2.56. The zero-order chi connectivity index (χ0) is 12.7. The standard InChI is InChI=1S/C13H22N2OS/c1-4-17-8-7-10(2)15-13-9-11(16-3)5-6-12(13)14/h5-6,9-10,15H,4,7-8,14H2,1-3H3. The molecule has 0 heterocycles. The first kappa shape index (κ1) is 14.0. The molecule has 1 aromatic rings. The number of methoxy groups -OCH3 is 1. The highest BCUT2D eigenvalue weighted by atomic mass is 32.2. The smallest absolute Gasteiger partial charge is 0.121 e. The first-order valence-electron chi connectivity index (χ1n) is 5.95. The maximum Gasteiger partial charge on any atom is 0.121 e. The molecule has 0 aliphatic heterocycles. The highest BCUT2D eigenvalue weighted by Crippen LogP contribution is 2.25. The first-order valence-corrected chi connectivity index (χ1v) is 7.10.